The molecule has 0 bridgehead atoms. The van der Waals surface area contributed by atoms with Crippen molar-refractivity contribution in [2.24, 2.45) is 11.7 Å². The first-order chi connectivity index (χ1) is 7.74. The van der Waals surface area contributed by atoms with Crippen LogP contribution in [-0.2, 0) is 4.79 Å². The molecule has 3 heteroatoms. The lowest BCUT2D eigenvalue weighted by molar-refractivity contribution is -0.136. The molecule has 1 amide bonds. The first kappa shape index (κ1) is 13.0. The molecule has 0 aromatic heterocycles. The molecule has 0 saturated carbocycles. The van der Waals surface area contributed by atoms with Crippen LogP contribution in [0.2, 0.25) is 0 Å². The van der Waals surface area contributed by atoms with Crippen LogP contribution in [0.3, 0.4) is 0 Å². The Hall–Kier alpha value is -1.09. The number of rotatable bonds is 6. The van der Waals surface area contributed by atoms with E-state index in [2.05, 4.69) is 13.2 Å². The van der Waals surface area contributed by atoms with Gasteiger partial charge in [0.15, 0.2) is 0 Å². The van der Waals surface area contributed by atoms with Crippen LogP contribution in [0.1, 0.15) is 25.7 Å². The van der Waals surface area contributed by atoms with Gasteiger partial charge in [0.2, 0.25) is 5.91 Å². The van der Waals surface area contributed by atoms with E-state index in [4.69, 9.17) is 5.73 Å². The maximum atomic E-state index is 12.3. The Bertz CT molecular complexity index is 253. The second-order valence-electron chi connectivity index (χ2n) is 4.31. The van der Waals surface area contributed by atoms with Gasteiger partial charge >= 0.3 is 0 Å². The summed E-state index contributed by atoms with van der Waals surface area (Å²) >= 11 is 0. The third kappa shape index (κ3) is 2.95. The zero-order valence-electron chi connectivity index (χ0n) is 9.90. The highest BCUT2D eigenvalue weighted by Crippen LogP contribution is 2.22. The SMILES string of the molecule is C=CCC(CC=C)C(=O)N1CCCC1CN. The van der Waals surface area contributed by atoms with Crippen molar-refractivity contribution in [1.82, 2.24) is 4.90 Å². The van der Waals surface area contributed by atoms with Gasteiger partial charge in [0.1, 0.15) is 0 Å². The molecule has 1 atom stereocenters. The number of nitrogens with two attached hydrogens (primary N) is 1. The van der Waals surface area contributed by atoms with Gasteiger partial charge in [-0.1, -0.05) is 12.2 Å². The molecule has 16 heavy (non-hydrogen) atoms. The number of likely N-dealkylation sites (tertiary alicyclic amines) is 1. The average Bonchev–Trinajstić information content (AvgIpc) is 2.75. The lowest BCUT2D eigenvalue weighted by atomic mass is 9.99. The molecule has 90 valence electrons. The minimum Gasteiger partial charge on any atom is -0.338 e. The van der Waals surface area contributed by atoms with Crippen molar-refractivity contribution >= 4 is 5.91 Å². The summed E-state index contributed by atoms with van der Waals surface area (Å²) in [4.78, 5) is 14.2. The fraction of sp³-hybridized carbons (Fsp3) is 0.615. The third-order valence-electron chi connectivity index (χ3n) is 3.18. The second-order valence-corrected chi connectivity index (χ2v) is 4.31. The molecule has 3 nitrogen and oxygen atoms in total. The summed E-state index contributed by atoms with van der Waals surface area (Å²) in [6.07, 6.45) is 7.16. The molecule has 0 radical (unpaired) electrons. The van der Waals surface area contributed by atoms with Crippen LogP contribution >= 0.6 is 0 Å². The van der Waals surface area contributed by atoms with E-state index in [1.54, 1.807) is 12.2 Å². The van der Waals surface area contributed by atoms with Crippen LogP contribution < -0.4 is 5.73 Å². The normalized spacial score (nSPS) is 20.1. The van der Waals surface area contributed by atoms with Crippen molar-refractivity contribution in [3.8, 4) is 0 Å². The van der Waals surface area contributed by atoms with E-state index in [1.807, 2.05) is 4.90 Å². The summed E-state index contributed by atoms with van der Waals surface area (Å²) in [6.45, 7) is 8.83. The molecule has 0 aromatic rings. The molecule has 2 N–H and O–H groups in total. The highest BCUT2D eigenvalue weighted by Gasteiger charge is 2.30. The maximum absolute atomic E-state index is 12.3. The summed E-state index contributed by atoms with van der Waals surface area (Å²) in [7, 11) is 0. The lowest BCUT2D eigenvalue weighted by Gasteiger charge is -2.27. The summed E-state index contributed by atoms with van der Waals surface area (Å²) < 4.78 is 0. The first-order valence-electron chi connectivity index (χ1n) is 5.97. The van der Waals surface area contributed by atoms with Crippen LogP contribution in [0.15, 0.2) is 25.3 Å². The fourth-order valence-corrected chi connectivity index (χ4v) is 2.31. The number of amides is 1. The highest BCUT2D eigenvalue weighted by atomic mass is 16.2. The summed E-state index contributed by atoms with van der Waals surface area (Å²) in [5.74, 6) is 0.218. The van der Waals surface area contributed by atoms with Gasteiger partial charge in [-0.05, 0) is 25.7 Å². The molecule has 0 aliphatic carbocycles. The van der Waals surface area contributed by atoms with Crippen LogP contribution in [0.4, 0.5) is 0 Å². The predicted molar refractivity (Wildman–Crippen MR) is 66.9 cm³/mol. The van der Waals surface area contributed by atoms with Crippen LogP contribution in [0.25, 0.3) is 0 Å². The van der Waals surface area contributed by atoms with E-state index in [0.717, 1.165) is 32.2 Å². The number of hydrogen-bond donors (Lipinski definition) is 1. The third-order valence-corrected chi connectivity index (χ3v) is 3.18. The van der Waals surface area contributed by atoms with Gasteiger partial charge in [-0.25, -0.2) is 0 Å². The molecule has 1 rings (SSSR count). The molecule has 0 spiro atoms. The predicted octanol–water partition coefficient (Wildman–Crippen LogP) is 1.70. The Morgan fingerprint density at radius 2 is 2.06 bits per heavy atom. The van der Waals surface area contributed by atoms with Crippen molar-refractivity contribution in [2.45, 2.75) is 31.7 Å². The Kier molecular flexibility index (Phi) is 5.26. The molecular weight excluding hydrogens is 200 g/mol. The Labute approximate surface area is 98.0 Å². The summed E-state index contributed by atoms with van der Waals surface area (Å²) in [6, 6.07) is 0.240. The summed E-state index contributed by atoms with van der Waals surface area (Å²) in [5.41, 5.74) is 5.68. The number of carbonyl (C=O) groups excluding carboxylic acids is 1. The minimum atomic E-state index is 0.00199. The molecule has 0 aromatic carbocycles. The minimum absolute atomic E-state index is 0.00199. The zero-order valence-corrected chi connectivity index (χ0v) is 9.90. The van der Waals surface area contributed by atoms with Crippen molar-refractivity contribution in [2.75, 3.05) is 13.1 Å². The molecule has 1 saturated heterocycles. The number of nitrogens with zero attached hydrogens (tertiary/aromatic N) is 1. The standard InChI is InChI=1S/C13H22N2O/c1-3-6-11(7-4-2)13(16)15-9-5-8-12(15)10-14/h3-4,11-12H,1-2,5-10,14H2. The van der Waals surface area contributed by atoms with Crippen molar-refractivity contribution in [3.05, 3.63) is 25.3 Å². The molecule has 1 fully saturated rings. The molecule has 1 aliphatic heterocycles. The fourth-order valence-electron chi connectivity index (χ4n) is 2.31. The van der Waals surface area contributed by atoms with Crippen LogP contribution in [-0.4, -0.2) is 29.9 Å². The van der Waals surface area contributed by atoms with Crippen LogP contribution in [0, 0.1) is 5.92 Å². The quantitative estimate of drug-likeness (QED) is 0.695. The lowest BCUT2D eigenvalue weighted by Crippen LogP contribution is -2.42. The smallest absolute Gasteiger partial charge is 0.226 e. The molecular formula is C13H22N2O. The van der Waals surface area contributed by atoms with Gasteiger partial charge < -0.3 is 10.6 Å². The largest absolute Gasteiger partial charge is 0.338 e. The second kappa shape index (κ2) is 6.48. The molecule has 1 heterocycles. The number of carbonyl (C=O) groups is 1. The van der Waals surface area contributed by atoms with Gasteiger partial charge in [-0.15, -0.1) is 13.2 Å². The maximum Gasteiger partial charge on any atom is 0.226 e. The Morgan fingerprint density at radius 1 is 1.44 bits per heavy atom. The van der Waals surface area contributed by atoms with E-state index in [9.17, 15) is 4.79 Å². The van der Waals surface area contributed by atoms with Crippen molar-refractivity contribution in [3.63, 3.8) is 0 Å². The number of hydrogen-bond acceptors (Lipinski definition) is 2. The van der Waals surface area contributed by atoms with Gasteiger partial charge in [-0.2, -0.15) is 0 Å². The highest BCUT2D eigenvalue weighted by molar-refractivity contribution is 5.79. The van der Waals surface area contributed by atoms with Gasteiger partial charge in [0.25, 0.3) is 0 Å². The zero-order chi connectivity index (χ0) is 12.0. The van der Waals surface area contributed by atoms with Gasteiger partial charge in [-0.3, -0.25) is 4.79 Å². The van der Waals surface area contributed by atoms with E-state index in [-0.39, 0.29) is 17.9 Å². The van der Waals surface area contributed by atoms with E-state index in [1.165, 1.54) is 0 Å². The van der Waals surface area contributed by atoms with Gasteiger partial charge in [0.05, 0.1) is 0 Å². The van der Waals surface area contributed by atoms with Crippen molar-refractivity contribution < 1.29 is 4.79 Å². The Balaban J connectivity index is 2.64. The molecule has 1 aliphatic rings. The molecule has 1 unspecified atom stereocenters. The number of allylic oxidation sites excluding steroid dienone is 2. The summed E-state index contributed by atoms with van der Waals surface area (Å²) in [5, 5.41) is 0. The van der Waals surface area contributed by atoms with E-state index in [0.29, 0.717) is 6.54 Å². The van der Waals surface area contributed by atoms with Crippen molar-refractivity contribution in [1.29, 1.82) is 0 Å². The van der Waals surface area contributed by atoms with E-state index < -0.39 is 0 Å². The van der Waals surface area contributed by atoms with Gasteiger partial charge in [0, 0.05) is 25.0 Å². The Morgan fingerprint density at radius 3 is 2.56 bits per heavy atom. The van der Waals surface area contributed by atoms with E-state index >= 15 is 0 Å². The topological polar surface area (TPSA) is 46.3 Å². The van der Waals surface area contributed by atoms with Crippen LogP contribution in [0.5, 0.6) is 0 Å². The first-order valence-corrected chi connectivity index (χ1v) is 5.97. The monoisotopic (exact) mass is 222 g/mol. The average molecular weight is 222 g/mol.